The van der Waals surface area contributed by atoms with Gasteiger partial charge in [-0.3, -0.25) is 9.59 Å². The summed E-state index contributed by atoms with van der Waals surface area (Å²) in [6, 6.07) is 25.1. The largest absolute Gasteiger partial charge is 0.471 e. The number of rotatable bonds is 15. The highest BCUT2D eigenvalue weighted by molar-refractivity contribution is 6.08. The molecule has 330 valence electrons. The fourth-order valence-corrected chi connectivity index (χ4v) is 6.64. The first-order valence-electron chi connectivity index (χ1n) is 20.3. The molecule has 2 aromatic heterocycles. The van der Waals surface area contributed by atoms with Crippen LogP contribution in [0.25, 0.3) is 22.3 Å². The van der Waals surface area contributed by atoms with Gasteiger partial charge in [-0.15, -0.1) is 4.90 Å². The molecule has 17 heteroatoms. The number of alkyl carbamates (subject to hydrolysis) is 1. The second-order valence-corrected chi connectivity index (χ2v) is 16.5. The number of esters is 1. The molecular formula is C46H51N7O10. The summed E-state index contributed by atoms with van der Waals surface area (Å²) in [4.78, 5) is 82.3. The molecule has 0 spiro atoms. The summed E-state index contributed by atoms with van der Waals surface area (Å²) in [5.41, 5.74) is 3.12. The van der Waals surface area contributed by atoms with Gasteiger partial charge in [-0.25, -0.2) is 19.4 Å². The number of ether oxygens (including phenoxy) is 5. The molecule has 17 nitrogen and oxygen atoms in total. The highest BCUT2D eigenvalue weighted by atomic mass is 16.6. The number of imide groups is 1. The SMILES string of the molecule is C=CCOC(=O)CN(CCNC(=O)OCC1c2ccccc2-c2ccccc21)C(=O)Cn1cnc2c(OCc3ccccc3)nc(N(C(=O)OC(C)(C)C)C(=O)OC(C)(C)C)nc21. The number of aromatic nitrogens is 4. The first-order valence-corrected chi connectivity index (χ1v) is 20.3. The molecule has 5 aromatic rings. The zero-order chi connectivity index (χ0) is 45.3. The Hall–Kier alpha value is -7.30. The number of nitrogens with one attached hydrogen (secondary N) is 1. The summed E-state index contributed by atoms with van der Waals surface area (Å²) in [5.74, 6) is -2.05. The molecule has 0 saturated carbocycles. The van der Waals surface area contributed by atoms with Crippen molar-refractivity contribution in [3.8, 4) is 17.0 Å². The molecule has 4 amide bonds. The van der Waals surface area contributed by atoms with Crippen LogP contribution >= 0.6 is 0 Å². The highest BCUT2D eigenvalue weighted by Crippen LogP contribution is 2.44. The Labute approximate surface area is 365 Å². The molecule has 2 heterocycles. The third-order valence-electron chi connectivity index (χ3n) is 9.33. The molecule has 6 rings (SSSR count). The van der Waals surface area contributed by atoms with Gasteiger partial charge in [-0.2, -0.15) is 9.97 Å². The number of hydrogen-bond donors (Lipinski definition) is 1. The Morgan fingerprint density at radius 3 is 2.02 bits per heavy atom. The lowest BCUT2D eigenvalue weighted by molar-refractivity contribution is -0.148. The molecule has 1 N–H and O–H groups in total. The highest BCUT2D eigenvalue weighted by Gasteiger charge is 2.36. The van der Waals surface area contributed by atoms with Gasteiger partial charge in [0.05, 0.1) is 6.33 Å². The van der Waals surface area contributed by atoms with Crippen molar-refractivity contribution in [3.05, 3.63) is 115 Å². The number of carbonyl (C=O) groups is 5. The molecule has 0 fully saturated rings. The third-order valence-corrected chi connectivity index (χ3v) is 9.33. The molecule has 63 heavy (non-hydrogen) atoms. The van der Waals surface area contributed by atoms with Crippen LogP contribution in [-0.2, 0) is 41.7 Å². The van der Waals surface area contributed by atoms with E-state index in [9.17, 15) is 24.0 Å². The van der Waals surface area contributed by atoms with Crippen LogP contribution in [0, 0.1) is 0 Å². The second kappa shape index (κ2) is 19.6. The zero-order valence-electron chi connectivity index (χ0n) is 36.2. The predicted molar refractivity (Wildman–Crippen MR) is 232 cm³/mol. The van der Waals surface area contributed by atoms with Gasteiger partial charge in [0.1, 0.15) is 44.1 Å². The van der Waals surface area contributed by atoms with Crippen molar-refractivity contribution >= 4 is 47.3 Å². The maximum Gasteiger partial charge on any atom is 0.427 e. The van der Waals surface area contributed by atoms with Gasteiger partial charge in [0, 0.05) is 19.0 Å². The molecule has 0 unspecified atom stereocenters. The van der Waals surface area contributed by atoms with Crippen molar-refractivity contribution < 1.29 is 47.7 Å². The third kappa shape index (κ3) is 11.8. The van der Waals surface area contributed by atoms with E-state index in [1.165, 1.54) is 21.9 Å². The van der Waals surface area contributed by atoms with Gasteiger partial charge in [0.25, 0.3) is 0 Å². The van der Waals surface area contributed by atoms with Crippen LogP contribution < -0.4 is 15.0 Å². The van der Waals surface area contributed by atoms with E-state index < -0.39 is 60.4 Å². The van der Waals surface area contributed by atoms with Crippen LogP contribution in [0.2, 0.25) is 0 Å². The van der Waals surface area contributed by atoms with Gasteiger partial charge < -0.3 is 38.5 Å². The first kappa shape index (κ1) is 45.2. The Kier molecular flexibility index (Phi) is 14.1. The standard InChI is InChI=1S/C46H51N7O10/c1-8-24-59-37(55)26-51(23-22-47-42(56)61-28-35-33-20-14-12-18-31(33)32-19-13-15-21-34(32)35)36(54)25-52-29-48-38-39(52)49-41(50-40(38)60-27-30-16-10-9-11-17-30)53(43(57)62-45(2,3)4)44(58)63-46(5,6)7/h8-21,29,35H,1,22-28H2,2-7H3,(H,47,56). The summed E-state index contributed by atoms with van der Waals surface area (Å²) in [5, 5.41) is 2.68. The minimum atomic E-state index is -1.12. The Morgan fingerprint density at radius 2 is 1.41 bits per heavy atom. The molecule has 1 aliphatic rings. The van der Waals surface area contributed by atoms with Gasteiger partial charge in [0.2, 0.25) is 17.7 Å². The number of fused-ring (bicyclic) bond motifs is 4. The van der Waals surface area contributed by atoms with Crippen LogP contribution in [0.4, 0.5) is 20.3 Å². The van der Waals surface area contributed by atoms with Crippen molar-refractivity contribution in [1.29, 1.82) is 0 Å². The smallest absolute Gasteiger partial charge is 0.427 e. The predicted octanol–water partition coefficient (Wildman–Crippen LogP) is 7.18. The van der Waals surface area contributed by atoms with E-state index in [0.717, 1.165) is 27.8 Å². The zero-order valence-corrected chi connectivity index (χ0v) is 36.2. The van der Waals surface area contributed by atoms with Crippen LogP contribution in [0.1, 0.15) is 64.2 Å². The molecule has 0 saturated heterocycles. The van der Waals surface area contributed by atoms with E-state index in [-0.39, 0.29) is 55.9 Å². The summed E-state index contributed by atoms with van der Waals surface area (Å²) in [7, 11) is 0. The monoisotopic (exact) mass is 861 g/mol. The number of hydrogen-bond acceptors (Lipinski definition) is 13. The van der Waals surface area contributed by atoms with Crippen molar-refractivity contribution in [3.63, 3.8) is 0 Å². The summed E-state index contributed by atoms with van der Waals surface area (Å²) in [6.45, 7) is 12.3. The average Bonchev–Trinajstić information content (AvgIpc) is 3.78. The van der Waals surface area contributed by atoms with Gasteiger partial charge in [0.15, 0.2) is 11.2 Å². The first-order chi connectivity index (χ1) is 30.0. The fraction of sp³-hybridized carbons (Fsp3) is 0.348. The fourth-order valence-electron chi connectivity index (χ4n) is 6.64. The molecule has 1 aliphatic carbocycles. The second-order valence-electron chi connectivity index (χ2n) is 16.5. The van der Waals surface area contributed by atoms with E-state index >= 15 is 0 Å². The number of anilines is 1. The average molecular weight is 862 g/mol. The number of benzene rings is 3. The number of carbonyl (C=O) groups excluding carboxylic acids is 5. The topological polar surface area (TPSA) is 194 Å². The Morgan fingerprint density at radius 1 is 0.810 bits per heavy atom. The summed E-state index contributed by atoms with van der Waals surface area (Å²) < 4.78 is 29.4. The van der Waals surface area contributed by atoms with Crippen LogP contribution in [0.5, 0.6) is 5.88 Å². The molecule has 3 aromatic carbocycles. The maximum atomic E-state index is 14.1. The summed E-state index contributed by atoms with van der Waals surface area (Å²) >= 11 is 0. The van der Waals surface area contributed by atoms with E-state index in [1.54, 1.807) is 41.5 Å². The molecule has 0 bridgehead atoms. The molecule has 0 radical (unpaired) electrons. The molecule has 0 aliphatic heterocycles. The maximum absolute atomic E-state index is 14.1. The van der Waals surface area contributed by atoms with Gasteiger partial charge in [-0.1, -0.05) is 91.5 Å². The van der Waals surface area contributed by atoms with Crippen molar-refractivity contribution in [1.82, 2.24) is 29.7 Å². The lowest BCUT2D eigenvalue weighted by Crippen LogP contribution is -2.44. The van der Waals surface area contributed by atoms with E-state index in [2.05, 4.69) is 26.8 Å². The minimum absolute atomic E-state index is 0.000486. The van der Waals surface area contributed by atoms with E-state index in [1.807, 2.05) is 78.9 Å². The number of nitrogens with zero attached hydrogens (tertiary/aromatic N) is 6. The van der Waals surface area contributed by atoms with Gasteiger partial charge in [-0.05, 0) is 69.4 Å². The number of imidazole rings is 1. The lowest BCUT2D eigenvalue weighted by atomic mass is 9.98. The van der Waals surface area contributed by atoms with Crippen molar-refractivity contribution in [2.45, 2.75) is 71.8 Å². The summed E-state index contributed by atoms with van der Waals surface area (Å²) in [6.07, 6.45) is -0.246. The van der Waals surface area contributed by atoms with E-state index in [0.29, 0.717) is 4.90 Å². The Balaban J connectivity index is 1.23. The molecule has 0 atom stereocenters. The van der Waals surface area contributed by atoms with Crippen LogP contribution in [0.15, 0.2) is 97.8 Å². The van der Waals surface area contributed by atoms with Crippen LogP contribution in [-0.4, -0.2) is 98.6 Å². The minimum Gasteiger partial charge on any atom is -0.471 e. The van der Waals surface area contributed by atoms with Crippen molar-refractivity contribution in [2.24, 2.45) is 0 Å². The van der Waals surface area contributed by atoms with Gasteiger partial charge >= 0.3 is 24.2 Å². The Bertz CT molecular complexity index is 2400. The van der Waals surface area contributed by atoms with E-state index in [4.69, 9.17) is 23.7 Å². The quantitative estimate of drug-likeness (QED) is 0.0633. The number of amides is 4. The van der Waals surface area contributed by atoms with Crippen molar-refractivity contribution in [2.75, 3.05) is 37.7 Å². The van der Waals surface area contributed by atoms with Crippen LogP contribution in [0.3, 0.4) is 0 Å². The normalized spacial score (nSPS) is 12.1. The lowest BCUT2D eigenvalue weighted by Gasteiger charge is -2.27. The molecular weight excluding hydrogens is 811 g/mol.